The zero-order chi connectivity index (χ0) is 33.8. The molecule has 2 aliphatic rings. The summed E-state index contributed by atoms with van der Waals surface area (Å²) in [6.07, 6.45) is 6.14. The van der Waals surface area contributed by atoms with E-state index in [1.165, 1.54) is 37.6 Å². The summed E-state index contributed by atoms with van der Waals surface area (Å²) < 4.78 is 26.6. The maximum Gasteiger partial charge on any atom is 0.333 e. The highest BCUT2D eigenvalue weighted by atomic mass is 32.1. The molecule has 0 saturated heterocycles. The Balaban J connectivity index is 1.53. The molecule has 0 bridgehead atoms. The fourth-order valence-corrected chi connectivity index (χ4v) is 8.54. The number of nitrogens with zero attached hydrogens (tertiary/aromatic N) is 3. The maximum absolute atomic E-state index is 14.7. The third kappa shape index (κ3) is 6.18. The number of hydrogen-bond acceptors (Lipinski definition) is 10. The first kappa shape index (κ1) is 33.2. The molecule has 6 rings (SSSR count). The lowest BCUT2D eigenvalue weighted by atomic mass is 10.0. The van der Waals surface area contributed by atoms with E-state index in [0.717, 1.165) is 35.8 Å². The summed E-state index contributed by atoms with van der Waals surface area (Å²) in [5.41, 5.74) is 3.98. The molecule has 252 valence electrons. The number of nitrogens with two attached hydrogens (primary N) is 1. The molecule has 2 saturated carbocycles. The summed E-state index contributed by atoms with van der Waals surface area (Å²) in [6, 6.07) is 7.85. The van der Waals surface area contributed by atoms with Crippen LogP contribution in [0, 0.1) is 18.8 Å². The smallest absolute Gasteiger partial charge is 0.333 e. The Morgan fingerprint density at radius 3 is 2.40 bits per heavy atom. The Morgan fingerprint density at radius 2 is 1.79 bits per heavy atom. The number of carbonyl (C=O) groups is 1. The van der Waals surface area contributed by atoms with Gasteiger partial charge >= 0.3 is 11.7 Å². The standard InChI is InChI=1S/C35H44N4O7S/c1-19-27-30(40)39(35(5,6)32(41)46-34(2,3)4)33(42)38(31(27)47-28(19)29-37-12-13-44-29)18-26(24-10-8-9-11-25(24)43-7)45-23-16-20-14-22(36)15-21(20)17-23/h8-13,20-23,26H,14-18,36H2,1-7H3/t20-,21+,22?,23?,26?. The Kier molecular flexibility index (Phi) is 8.73. The average molecular weight is 665 g/mol. The van der Waals surface area contributed by atoms with Gasteiger partial charge in [0.05, 0.1) is 36.2 Å². The minimum Gasteiger partial charge on any atom is -0.496 e. The van der Waals surface area contributed by atoms with Crippen LogP contribution in [0.4, 0.5) is 0 Å². The molecule has 11 nitrogen and oxygen atoms in total. The van der Waals surface area contributed by atoms with Gasteiger partial charge in [0.15, 0.2) is 0 Å². The van der Waals surface area contributed by atoms with Crippen molar-refractivity contribution < 1.29 is 23.4 Å². The number of methoxy groups -OCH3 is 1. The van der Waals surface area contributed by atoms with Gasteiger partial charge in [0.25, 0.3) is 5.56 Å². The Labute approximate surface area is 277 Å². The quantitative estimate of drug-likeness (QED) is 0.228. The number of benzene rings is 1. The largest absolute Gasteiger partial charge is 0.496 e. The summed E-state index contributed by atoms with van der Waals surface area (Å²) in [5.74, 6) is 1.31. The highest BCUT2D eigenvalue weighted by Gasteiger charge is 2.43. The summed E-state index contributed by atoms with van der Waals surface area (Å²) >= 11 is 1.25. The Bertz CT molecular complexity index is 1890. The van der Waals surface area contributed by atoms with Crippen LogP contribution in [0.25, 0.3) is 21.0 Å². The molecule has 4 aromatic rings. The first-order valence-corrected chi connectivity index (χ1v) is 17.0. The van der Waals surface area contributed by atoms with E-state index in [1.807, 2.05) is 24.3 Å². The van der Waals surface area contributed by atoms with Crippen LogP contribution >= 0.6 is 11.3 Å². The van der Waals surface area contributed by atoms with E-state index >= 15 is 0 Å². The molecule has 47 heavy (non-hydrogen) atoms. The predicted molar refractivity (Wildman–Crippen MR) is 180 cm³/mol. The van der Waals surface area contributed by atoms with E-state index in [2.05, 4.69) is 4.98 Å². The molecule has 12 heteroatoms. The maximum atomic E-state index is 14.7. The second-order valence-electron chi connectivity index (χ2n) is 14.4. The van der Waals surface area contributed by atoms with Crippen molar-refractivity contribution in [2.75, 3.05) is 7.11 Å². The molecular weight excluding hydrogens is 620 g/mol. The van der Waals surface area contributed by atoms with Gasteiger partial charge in [0, 0.05) is 11.6 Å². The predicted octanol–water partition coefficient (Wildman–Crippen LogP) is 5.55. The number of para-hydroxylation sites is 1. The molecule has 3 heterocycles. The highest BCUT2D eigenvalue weighted by molar-refractivity contribution is 7.22. The third-order valence-electron chi connectivity index (χ3n) is 9.50. The molecule has 2 aliphatic carbocycles. The van der Waals surface area contributed by atoms with Crippen LogP contribution < -0.4 is 21.7 Å². The molecule has 1 aromatic carbocycles. The number of carbonyl (C=O) groups excluding carboxylic acids is 1. The van der Waals surface area contributed by atoms with Gasteiger partial charge in [-0.25, -0.2) is 19.1 Å². The molecule has 3 unspecified atom stereocenters. The molecule has 3 aromatic heterocycles. The topological polar surface area (TPSA) is 141 Å². The van der Waals surface area contributed by atoms with E-state index in [-0.39, 0.29) is 18.7 Å². The first-order chi connectivity index (χ1) is 22.2. The highest BCUT2D eigenvalue weighted by Crippen LogP contribution is 2.46. The second-order valence-corrected chi connectivity index (χ2v) is 15.4. The Hall–Kier alpha value is -3.74. The van der Waals surface area contributed by atoms with Crippen LogP contribution in [0.3, 0.4) is 0 Å². The number of rotatable bonds is 9. The number of esters is 1. The minimum absolute atomic E-state index is 0.0318. The fourth-order valence-electron chi connectivity index (χ4n) is 7.30. The number of fused-ring (bicyclic) bond motifs is 2. The molecule has 0 aliphatic heterocycles. The lowest BCUT2D eigenvalue weighted by Crippen LogP contribution is -2.54. The zero-order valence-corrected chi connectivity index (χ0v) is 28.9. The number of aromatic nitrogens is 3. The van der Waals surface area contributed by atoms with Crippen molar-refractivity contribution in [3.63, 3.8) is 0 Å². The monoisotopic (exact) mass is 664 g/mol. The number of hydrogen-bond donors (Lipinski definition) is 1. The number of ether oxygens (including phenoxy) is 3. The van der Waals surface area contributed by atoms with Crippen molar-refractivity contribution in [2.24, 2.45) is 17.6 Å². The van der Waals surface area contributed by atoms with Crippen LogP contribution in [0.1, 0.15) is 77.5 Å². The lowest BCUT2D eigenvalue weighted by Gasteiger charge is -2.30. The minimum atomic E-state index is -1.63. The summed E-state index contributed by atoms with van der Waals surface area (Å²) in [6.45, 7) is 10.2. The fraction of sp³-hybridized carbons (Fsp3) is 0.543. The molecule has 0 radical (unpaired) electrons. The average Bonchev–Trinajstić information content (AvgIpc) is 3.78. The van der Waals surface area contributed by atoms with Gasteiger partial charge in [0.2, 0.25) is 5.89 Å². The molecule has 2 fully saturated rings. The molecular formula is C35H44N4O7S. The number of oxazole rings is 1. The van der Waals surface area contributed by atoms with Crippen LogP contribution in [0.15, 0.2) is 50.7 Å². The van der Waals surface area contributed by atoms with Crippen LogP contribution in [-0.2, 0) is 26.4 Å². The van der Waals surface area contributed by atoms with Crippen LogP contribution in [-0.4, -0.2) is 44.9 Å². The summed E-state index contributed by atoms with van der Waals surface area (Å²) in [4.78, 5) is 48.0. The van der Waals surface area contributed by atoms with E-state index in [1.54, 1.807) is 39.4 Å². The van der Waals surface area contributed by atoms with Crippen molar-refractivity contribution in [2.45, 2.75) is 103 Å². The van der Waals surface area contributed by atoms with E-state index in [4.69, 9.17) is 24.4 Å². The first-order valence-electron chi connectivity index (χ1n) is 16.2. The SMILES string of the molecule is COc1ccccc1C(Cn1c(=O)n(C(C)(C)C(=O)OC(C)(C)C)c(=O)c2c(C)c(-c3ncco3)sc21)OC1C[C@H]2CC(N)C[C@H]2C1. The van der Waals surface area contributed by atoms with E-state index < -0.39 is 34.5 Å². The molecule has 0 amide bonds. The van der Waals surface area contributed by atoms with Crippen molar-refractivity contribution in [1.29, 1.82) is 0 Å². The Morgan fingerprint density at radius 1 is 1.11 bits per heavy atom. The summed E-state index contributed by atoms with van der Waals surface area (Å²) in [5, 5.41) is 0.308. The van der Waals surface area contributed by atoms with Crippen LogP contribution in [0.5, 0.6) is 5.75 Å². The van der Waals surface area contributed by atoms with Gasteiger partial charge in [0.1, 0.15) is 34.1 Å². The second kappa shape index (κ2) is 12.4. The van der Waals surface area contributed by atoms with Gasteiger partial charge < -0.3 is 24.4 Å². The van der Waals surface area contributed by atoms with E-state index in [9.17, 15) is 14.4 Å². The van der Waals surface area contributed by atoms with Crippen molar-refractivity contribution in [3.8, 4) is 16.5 Å². The van der Waals surface area contributed by atoms with Crippen molar-refractivity contribution >= 4 is 27.5 Å². The number of thiophene rings is 1. The van der Waals surface area contributed by atoms with Crippen molar-refractivity contribution in [3.05, 3.63) is 68.7 Å². The summed E-state index contributed by atoms with van der Waals surface area (Å²) in [7, 11) is 1.61. The zero-order valence-electron chi connectivity index (χ0n) is 28.1. The van der Waals surface area contributed by atoms with Gasteiger partial charge in [-0.05, 0) is 90.7 Å². The molecule has 0 spiro atoms. The van der Waals surface area contributed by atoms with Gasteiger partial charge in [-0.1, -0.05) is 18.2 Å². The van der Waals surface area contributed by atoms with Gasteiger partial charge in [-0.3, -0.25) is 9.36 Å². The third-order valence-corrected chi connectivity index (χ3v) is 10.8. The number of aryl methyl sites for hydroxylation is 1. The van der Waals surface area contributed by atoms with Crippen LogP contribution in [0.2, 0.25) is 0 Å². The van der Waals surface area contributed by atoms with Gasteiger partial charge in [-0.15, -0.1) is 11.3 Å². The normalized spacial score (nSPS) is 22.0. The van der Waals surface area contributed by atoms with E-state index in [0.29, 0.717) is 44.1 Å². The molecule has 5 atom stereocenters. The van der Waals surface area contributed by atoms with Gasteiger partial charge in [-0.2, -0.15) is 0 Å². The lowest BCUT2D eigenvalue weighted by molar-refractivity contribution is -0.164. The van der Waals surface area contributed by atoms with Crippen molar-refractivity contribution in [1.82, 2.24) is 14.1 Å². The molecule has 2 N–H and O–H groups in total.